The number of carbonyl (C=O) groups excluding carboxylic acids is 1. The summed E-state index contributed by atoms with van der Waals surface area (Å²) in [6.07, 6.45) is 1.33. The summed E-state index contributed by atoms with van der Waals surface area (Å²) in [5.41, 5.74) is 1.84. The van der Waals surface area contributed by atoms with Gasteiger partial charge in [0.2, 0.25) is 15.9 Å². The highest BCUT2D eigenvalue weighted by Crippen LogP contribution is 2.26. The van der Waals surface area contributed by atoms with Crippen LogP contribution < -0.4 is 10.1 Å². The second kappa shape index (κ2) is 8.75. The van der Waals surface area contributed by atoms with Crippen molar-refractivity contribution >= 4 is 21.6 Å². The number of nitrogens with zero attached hydrogens (tertiary/aromatic N) is 1. The number of sulfonamides is 1. The highest BCUT2D eigenvalue weighted by Gasteiger charge is 2.33. The van der Waals surface area contributed by atoms with Crippen molar-refractivity contribution in [1.82, 2.24) is 4.31 Å². The summed E-state index contributed by atoms with van der Waals surface area (Å²) in [6.45, 7) is 4.99. The molecule has 28 heavy (non-hydrogen) atoms. The van der Waals surface area contributed by atoms with Crippen LogP contribution in [0.15, 0.2) is 53.4 Å². The van der Waals surface area contributed by atoms with Crippen LogP contribution in [0.4, 0.5) is 5.69 Å². The standard InChI is InChI=1S/C21H26N2O4S/c1-3-27-19-10-12-20(13-11-19)28(25,26)23-14-4-5-17(15-23)21(24)22-18-8-6-16(2)7-9-18/h6-13,17H,3-5,14-15H2,1-2H3,(H,22,24)/t17-/m0/s1. The second-order valence-corrected chi connectivity index (χ2v) is 8.90. The van der Waals surface area contributed by atoms with Crippen LogP contribution in [0.25, 0.3) is 0 Å². The molecule has 1 heterocycles. The van der Waals surface area contributed by atoms with E-state index in [-0.39, 0.29) is 23.3 Å². The normalized spacial score (nSPS) is 17.9. The Morgan fingerprint density at radius 2 is 1.82 bits per heavy atom. The maximum atomic E-state index is 13.0. The highest BCUT2D eigenvalue weighted by atomic mass is 32.2. The molecule has 2 aromatic rings. The molecule has 1 aliphatic heterocycles. The van der Waals surface area contributed by atoms with Gasteiger partial charge in [-0.05, 0) is 63.1 Å². The van der Waals surface area contributed by atoms with Crippen LogP contribution in [0.1, 0.15) is 25.3 Å². The first-order valence-electron chi connectivity index (χ1n) is 9.50. The van der Waals surface area contributed by atoms with E-state index < -0.39 is 10.0 Å². The van der Waals surface area contributed by atoms with Gasteiger partial charge in [0, 0.05) is 18.8 Å². The number of hydrogen-bond acceptors (Lipinski definition) is 4. The first kappa shape index (κ1) is 20.4. The van der Waals surface area contributed by atoms with Gasteiger partial charge >= 0.3 is 0 Å². The summed E-state index contributed by atoms with van der Waals surface area (Å²) < 4.78 is 32.7. The van der Waals surface area contributed by atoms with E-state index in [1.165, 1.54) is 4.31 Å². The lowest BCUT2D eigenvalue weighted by Crippen LogP contribution is -2.43. The molecule has 1 amide bonds. The number of carbonyl (C=O) groups is 1. The third-order valence-electron chi connectivity index (χ3n) is 4.85. The Kier molecular flexibility index (Phi) is 6.36. The summed E-state index contributed by atoms with van der Waals surface area (Å²) >= 11 is 0. The highest BCUT2D eigenvalue weighted by molar-refractivity contribution is 7.89. The molecule has 7 heteroatoms. The Labute approximate surface area is 166 Å². The molecule has 1 saturated heterocycles. The van der Waals surface area contributed by atoms with Crippen molar-refractivity contribution in [2.24, 2.45) is 5.92 Å². The number of benzene rings is 2. The van der Waals surface area contributed by atoms with Gasteiger partial charge in [0.15, 0.2) is 0 Å². The van der Waals surface area contributed by atoms with Crippen molar-refractivity contribution < 1.29 is 17.9 Å². The summed E-state index contributed by atoms with van der Waals surface area (Å²) in [4.78, 5) is 12.8. The van der Waals surface area contributed by atoms with Crippen molar-refractivity contribution in [2.45, 2.75) is 31.6 Å². The predicted octanol–water partition coefficient (Wildman–Crippen LogP) is 3.43. The predicted molar refractivity (Wildman–Crippen MR) is 109 cm³/mol. The van der Waals surface area contributed by atoms with E-state index in [4.69, 9.17) is 4.74 Å². The number of rotatable bonds is 6. The molecule has 1 fully saturated rings. The molecule has 2 aromatic carbocycles. The number of anilines is 1. The molecule has 6 nitrogen and oxygen atoms in total. The summed E-state index contributed by atoms with van der Waals surface area (Å²) in [5, 5.41) is 2.90. The van der Waals surface area contributed by atoms with Gasteiger partial charge in [-0.2, -0.15) is 4.31 Å². The van der Waals surface area contributed by atoms with E-state index in [2.05, 4.69) is 5.32 Å². The first-order valence-corrected chi connectivity index (χ1v) is 10.9. The summed E-state index contributed by atoms with van der Waals surface area (Å²) in [6, 6.07) is 14.0. The third-order valence-corrected chi connectivity index (χ3v) is 6.73. The van der Waals surface area contributed by atoms with E-state index in [0.717, 1.165) is 11.3 Å². The Balaban J connectivity index is 1.69. The molecule has 0 radical (unpaired) electrons. The Hall–Kier alpha value is -2.38. The number of hydrogen-bond donors (Lipinski definition) is 1. The van der Waals surface area contributed by atoms with Crippen LogP contribution >= 0.6 is 0 Å². The Morgan fingerprint density at radius 1 is 1.14 bits per heavy atom. The maximum Gasteiger partial charge on any atom is 0.243 e. The largest absolute Gasteiger partial charge is 0.494 e. The lowest BCUT2D eigenvalue weighted by Gasteiger charge is -2.31. The third kappa shape index (κ3) is 4.72. The number of ether oxygens (including phenoxy) is 1. The minimum absolute atomic E-state index is 0.143. The zero-order chi connectivity index (χ0) is 20.1. The smallest absolute Gasteiger partial charge is 0.243 e. The van der Waals surface area contributed by atoms with Gasteiger partial charge in [-0.1, -0.05) is 17.7 Å². The molecule has 3 rings (SSSR count). The fraction of sp³-hybridized carbons (Fsp3) is 0.381. The van der Waals surface area contributed by atoms with E-state index in [9.17, 15) is 13.2 Å². The second-order valence-electron chi connectivity index (χ2n) is 6.96. The topological polar surface area (TPSA) is 75.7 Å². The summed E-state index contributed by atoms with van der Waals surface area (Å²) in [7, 11) is -3.64. The molecule has 0 aromatic heterocycles. The Bertz CT molecular complexity index is 908. The monoisotopic (exact) mass is 402 g/mol. The minimum atomic E-state index is -3.64. The Morgan fingerprint density at radius 3 is 2.46 bits per heavy atom. The van der Waals surface area contributed by atoms with E-state index in [1.807, 2.05) is 38.1 Å². The molecular weight excluding hydrogens is 376 g/mol. The van der Waals surface area contributed by atoms with Crippen molar-refractivity contribution in [3.63, 3.8) is 0 Å². The van der Waals surface area contributed by atoms with Gasteiger partial charge in [-0.15, -0.1) is 0 Å². The quantitative estimate of drug-likeness (QED) is 0.803. The van der Waals surface area contributed by atoms with Crippen LogP contribution in [-0.2, 0) is 14.8 Å². The van der Waals surface area contributed by atoms with Crippen LogP contribution in [0, 0.1) is 12.8 Å². The van der Waals surface area contributed by atoms with Gasteiger partial charge in [0.25, 0.3) is 0 Å². The molecule has 0 saturated carbocycles. The van der Waals surface area contributed by atoms with Crippen molar-refractivity contribution in [3.05, 3.63) is 54.1 Å². The van der Waals surface area contributed by atoms with Gasteiger partial charge in [0.1, 0.15) is 5.75 Å². The van der Waals surface area contributed by atoms with E-state index >= 15 is 0 Å². The zero-order valence-electron chi connectivity index (χ0n) is 16.2. The lowest BCUT2D eigenvalue weighted by atomic mass is 9.98. The average molecular weight is 403 g/mol. The number of amides is 1. The molecule has 0 bridgehead atoms. The van der Waals surface area contributed by atoms with Gasteiger partial charge in [-0.25, -0.2) is 8.42 Å². The SMILES string of the molecule is CCOc1ccc(S(=O)(=O)N2CCC[C@H](C(=O)Nc3ccc(C)cc3)C2)cc1. The summed E-state index contributed by atoms with van der Waals surface area (Å²) in [5.74, 6) is 0.124. The van der Waals surface area contributed by atoms with E-state index in [0.29, 0.717) is 31.7 Å². The van der Waals surface area contributed by atoms with Gasteiger partial charge < -0.3 is 10.1 Å². The molecule has 1 N–H and O–H groups in total. The van der Waals surface area contributed by atoms with E-state index in [1.54, 1.807) is 24.3 Å². The molecule has 1 aliphatic rings. The number of nitrogens with one attached hydrogen (secondary N) is 1. The molecule has 0 unspecified atom stereocenters. The minimum Gasteiger partial charge on any atom is -0.494 e. The first-order chi connectivity index (χ1) is 13.4. The molecule has 150 valence electrons. The van der Waals surface area contributed by atoms with Crippen LogP contribution in [0.5, 0.6) is 5.75 Å². The maximum absolute atomic E-state index is 13.0. The van der Waals surface area contributed by atoms with Crippen LogP contribution in [-0.4, -0.2) is 38.3 Å². The molecule has 1 atom stereocenters. The average Bonchev–Trinajstić information content (AvgIpc) is 2.70. The van der Waals surface area contributed by atoms with Gasteiger partial charge in [-0.3, -0.25) is 4.79 Å². The fourth-order valence-corrected chi connectivity index (χ4v) is 4.80. The molecular formula is C21H26N2O4S. The van der Waals surface area contributed by atoms with Crippen molar-refractivity contribution in [1.29, 1.82) is 0 Å². The number of aryl methyl sites for hydroxylation is 1. The lowest BCUT2D eigenvalue weighted by molar-refractivity contribution is -0.120. The molecule has 0 aliphatic carbocycles. The van der Waals surface area contributed by atoms with Crippen molar-refractivity contribution in [2.75, 3.05) is 25.0 Å². The number of piperidine rings is 1. The fourth-order valence-electron chi connectivity index (χ4n) is 3.28. The van der Waals surface area contributed by atoms with Crippen LogP contribution in [0.3, 0.4) is 0 Å². The molecule has 0 spiro atoms. The van der Waals surface area contributed by atoms with Crippen LogP contribution in [0.2, 0.25) is 0 Å². The zero-order valence-corrected chi connectivity index (χ0v) is 17.0. The van der Waals surface area contributed by atoms with Gasteiger partial charge in [0.05, 0.1) is 17.4 Å². The van der Waals surface area contributed by atoms with Crippen molar-refractivity contribution in [3.8, 4) is 5.75 Å².